The summed E-state index contributed by atoms with van der Waals surface area (Å²) in [6.07, 6.45) is 1.64. The SMILES string of the molecule is C=Cc1cc2ccc(O)cc2o1. The average Bonchev–Trinajstić information content (AvgIpc) is 2.46. The third-order valence-electron chi connectivity index (χ3n) is 1.72. The van der Waals surface area contributed by atoms with Crippen molar-refractivity contribution in [1.82, 2.24) is 0 Å². The summed E-state index contributed by atoms with van der Waals surface area (Å²) >= 11 is 0. The van der Waals surface area contributed by atoms with Gasteiger partial charge in [-0.3, -0.25) is 0 Å². The molecule has 0 unspecified atom stereocenters. The molecule has 2 nitrogen and oxygen atoms in total. The Balaban J connectivity index is 2.75. The molecule has 0 aliphatic heterocycles. The van der Waals surface area contributed by atoms with Crippen LogP contribution in [0.4, 0.5) is 0 Å². The van der Waals surface area contributed by atoms with Gasteiger partial charge in [0.05, 0.1) is 0 Å². The predicted molar refractivity (Wildman–Crippen MR) is 48.0 cm³/mol. The van der Waals surface area contributed by atoms with Gasteiger partial charge in [0, 0.05) is 11.5 Å². The van der Waals surface area contributed by atoms with Gasteiger partial charge >= 0.3 is 0 Å². The van der Waals surface area contributed by atoms with Gasteiger partial charge < -0.3 is 9.52 Å². The predicted octanol–water partition coefficient (Wildman–Crippen LogP) is 2.78. The Morgan fingerprint density at radius 3 is 2.92 bits per heavy atom. The summed E-state index contributed by atoms with van der Waals surface area (Å²) in [6.45, 7) is 3.59. The van der Waals surface area contributed by atoms with Crippen molar-refractivity contribution in [2.45, 2.75) is 0 Å². The zero-order valence-electron chi connectivity index (χ0n) is 6.45. The Hall–Kier alpha value is -1.70. The topological polar surface area (TPSA) is 33.4 Å². The van der Waals surface area contributed by atoms with Gasteiger partial charge in [-0.25, -0.2) is 0 Å². The second-order valence-corrected chi connectivity index (χ2v) is 2.58. The normalized spacial score (nSPS) is 10.3. The van der Waals surface area contributed by atoms with Crippen LogP contribution in [0.1, 0.15) is 5.76 Å². The highest BCUT2D eigenvalue weighted by Crippen LogP contribution is 2.23. The van der Waals surface area contributed by atoms with E-state index in [9.17, 15) is 0 Å². The van der Waals surface area contributed by atoms with Gasteiger partial charge in [-0.15, -0.1) is 0 Å². The first-order valence-corrected chi connectivity index (χ1v) is 3.64. The molecule has 0 aliphatic rings. The zero-order chi connectivity index (χ0) is 8.55. The Bertz CT molecular complexity index is 426. The van der Waals surface area contributed by atoms with Crippen molar-refractivity contribution in [3.05, 3.63) is 36.6 Å². The lowest BCUT2D eigenvalue weighted by atomic mass is 10.2. The molecule has 0 amide bonds. The molecule has 12 heavy (non-hydrogen) atoms. The van der Waals surface area contributed by atoms with Crippen molar-refractivity contribution in [3.63, 3.8) is 0 Å². The summed E-state index contributed by atoms with van der Waals surface area (Å²) in [4.78, 5) is 0. The van der Waals surface area contributed by atoms with E-state index in [1.54, 1.807) is 24.3 Å². The number of fused-ring (bicyclic) bond motifs is 1. The van der Waals surface area contributed by atoms with Crippen molar-refractivity contribution >= 4 is 17.0 Å². The molecule has 0 saturated heterocycles. The van der Waals surface area contributed by atoms with E-state index in [0.29, 0.717) is 5.58 Å². The second kappa shape index (κ2) is 2.41. The van der Waals surface area contributed by atoms with Crippen LogP contribution in [0.15, 0.2) is 35.3 Å². The number of furan rings is 1. The molecule has 60 valence electrons. The summed E-state index contributed by atoms with van der Waals surface area (Å²) in [5, 5.41) is 10.1. The molecule has 0 atom stereocenters. The Morgan fingerprint density at radius 1 is 1.33 bits per heavy atom. The van der Waals surface area contributed by atoms with Gasteiger partial charge in [0.1, 0.15) is 17.1 Å². The van der Waals surface area contributed by atoms with E-state index in [4.69, 9.17) is 9.52 Å². The van der Waals surface area contributed by atoms with E-state index in [0.717, 1.165) is 11.1 Å². The highest BCUT2D eigenvalue weighted by atomic mass is 16.3. The number of aromatic hydroxyl groups is 1. The third-order valence-corrected chi connectivity index (χ3v) is 1.72. The van der Waals surface area contributed by atoms with Crippen LogP contribution in [0.2, 0.25) is 0 Å². The fourth-order valence-electron chi connectivity index (χ4n) is 1.14. The van der Waals surface area contributed by atoms with Crippen LogP contribution in [0.5, 0.6) is 5.75 Å². The molecular weight excluding hydrogens is 152 g/mol. The number of phenolic OH excluding ortho intramolecular Hbond substituents is 1. The summed E-state index contributed by atoms with van der Waals surface area (Å²) in [6, 6.07) is 6.90. The third kappa shape index (κ3) is 0.975. The van der Waals surface area contributed by atoms with Crippen LogP contribution in [0.3, 0.4) is 0 Å². The summed E-state index contributed by atoms with van der Waals surface area (Å²) < 4.78 is 5.32. The van der Waals surface area contributed by atoms with E-state index in [-0.39, 0.29) is 5.75 Å². The van der Waals surface area contributed by atoms with E-state index in [1.165, 1.54) is 0 Å². The van der Waals surface area contributed by atoms with Gasteiger partial charge in [-0.1, -0.05) is 6.58 Å². The minimum Gasteiger partial charge on any atom is -0.508 e. The average molecular weight is 160 g/mol. The zero-order valence-corrected chi connectivity index (χ0v) is 6.45. The minimum absolute atomic E-state index is 0.215. The van der Waals surface area contributed by atoms with Crippen molar-refractivity contribution in [3.8, 4) is 5.75 Å². The van der Waals surface area contributed by atoms with Crippen LogP contribution >= 0.6 is 0 Å². The molecule has 0 spiro atoms. The summed E-state index contributed by atoms with van der Waals surface area (Å²) in [7, 11) is 0. The number of hydrogen-bond acceptors (Lipinski definition) is 2. The van der Waals surface area contributed by atoms with Crippen LogP contribution in [0, 0.1) is 0 Å². The molecule has 2 heteroatoms. The highest BCUT2D eigenvalue weighted by molar-refractivity contribution is 5.80. The van der Waals surface area contributed by atoms with Crippen LogP contribution < -0.4 is 0 Å². The maximum Gasteiger partial charge on any atom is 0.138 e. The van der Waals surface area contributed by atoms with Gasteiger partial charge in [0.25, 0.3) is 0 Å². The van der Waals surface area contributed by atoms with E-state index < -0.39 is 0 Å². The molecule has 1 heterocycles. The second-order valence-electron chi connectivity index (χ2n) is 2.58. The van der Waals surface area contributed by atoms with Crippen molar-refractivity contribution in [1.29, 1.82) is 0 Å². The smallest absolute Gasteiger partial charge is 0.138 e. The largest absolute Gasteiger partial charge is 0.508 e. The molecule has 1 aromatic heterocycles. The lowest BCUT2D eigenvalue weighted by Gasteiger charge is -1.88. The number of hydrogen-bond donors (Lipinski definition) is 1. The van der Waals surface area contributed by atoms with Crippen LogP contribution in [0.25, 0.3) is 17.0 Å². The van der Waals surface area contributed by atoms with Crippen molar-refractivity contribution < 1.29 is 9.52 Å². The maximum atomic E-state index is 9.13. The van der Waals surface area contributed by atoms with Crippen LogP contribution in [-0.4, -0.2) is 5.11 Å². The summed E-state index contributed by atoms with van der Waals surface area (Å²) in [5.74, 6) is 0.933. The number of benzene rings is 1. The molecule has 0 aliphatic carbocycles. The molecule has 2 aromatic rings. The molecule has 2 rings (SSSR count). The Kier molecular flexibility index (Phi) is 1.40. The van der Waals surface area contributed by atoms with Gasteiger partial charge in [0.15, 0.2) is 0 Å². The Morgan fingerprint density at radius 2 is 2.17 bits per heavy atom. The molecular formula is C10H8O2. The lowest BCUT2D eigenvalue weighted by Crippen LogP contribution is -1.62. The summed E-state index contributed by atoms with van der Waals surface area (Å²) in [5.41, 5.74) is 0.685. The fourth-order valence-corrected chi connectivity index (χ4v) is 1.14. The molecule has 0 fully saturated rings. The fraction of sp³-hybridized carbons (Fsp3) is 0. The molecule has 0 bridgehead atoms. The van der Waals surface area contributed by atoms with E-state index in [2.05, 4.69) is 6.58 Å². The maximum absolute atomic E-state index is 9.13. The number of rotatable bonds is 1. The molecule has 0 radical (unpaired) electrons. The van der Waals surface area contributed by atoms with Crippen molar-refractivity contribution in [2.24, 2.45) is 0 Å². The molecule has 1 N–H and O–H groups in total. The monoisotopic (exact) mass is 160 g/mol. The minimum atomic E-state index is 0.215. The lowest BCUT2D eigenvalue weighted by molar-refractivity contribution is 0.474. The Labute approximate surface area is 69.7 Å². The van der Waals surface area contributed by atoms with Crippen LogP contribution in [-0.2, 0) is 0 Å². The van der Waals surface area contributed by atoms with Gasteiger partial charge in [-0.2, -0.15) is 0 Å². The first kappa shape index (κ1) is 6.98. The first-order chi connectivity index (χ1) is 5.79. The standard InChI is InChI=1S/C10H8O2/c1-2-9-5-7-3-4-8(11)6-10(7)12-9/h2-6,11H,1H2. The van der Waals surface area contributed by atoms with E-state index >= 15 is 0 Å². The quantitative estimate of drug-likeness (QED) is 0.695. The van der Waals surface area contributed by atoms with Crippen molar-refractivity contribution in [2.75, 3.05) is 0 Å². The van der Waals surface area contributed by atoms with E-state index in [1.807, 2.05) is 6.07 Å². The molecule has 1 aromatic carbocycles. The van der Waals surface area contributed by atoms with Gasteiger partial charge in [-0.05, 0) is 24.3 Å². The number of phenols is 1. The first-order valence-electron chi connectivity index (χ1n) is 3.64. The highest BCUT2D eigenvalue weighted by Gasteiger charge is 2.00. The van der Waals surface area contributed by atoms with Gasteiger partial charge in [0.2, 0.25) is 0 Å². The molecule has 0 saturated carbocycles.